The number of carbonyl (C=O) groups is 1. The molecule has 94 valence electrons. The normalized spacial score (nSPS) is 10.3. The fraction of sp³-hybridized carbons (Fsp3) is 0.273. The van der Waals surface area contributed by atoms with Gasteiger partial charge in [-0.3, -0.25) is 4.79 Å². The van der Waals surface area contributed by atoms with Crippen LogP contribution in [0.4, 0.5) is 0 Å². The Kier molecular flexibility index (Phi) is 3.88. The Bertz CT molecular complexity index is 528. The molecule has 1 aromatic carbocycles. The zero-order chi connectivity index (χ0) is 13.0. The van der Waals surface area contributed by atoms with Crippen molar-refractivity contribution in [3.63, 3.8) is 0 Å². The quantitative estimate of drug-likeness (QED) is 0.827. The molecule has 1 heterocycles. The van der Waals surface area contributed by atoms with Crippen LogP contribution in [0.5, 0.6) is 0 Å². The average molecular weight is 266 g/mol. The van der Waals surface area contributed by atoms with E-state index in [2.05, 4.69) is 15.5 Å². The van der Waals surface area contributed by atoms with Gasteiger partial charge in [-0.2, -0.15) is 0 Å². The fourth-order valence-electron chi connectivity index (χ4n) is 1.51. The minimum Gasteiger partial charge on any atom is -0.340 e. The topological polar surface area (TPSA) is 63.9 Å². The van der Waals surface area contributed by atoms with Crippen LogP contribution in [-0.2, 0) is 17.9 Å². The van der Waals surface area contributed by atoms with Crippen LogP contribution in [0.25, 0.3) is 0 Å². The van der Waals surface area contributed by atoms with E-state index in [0.717, 1.165) is 5.56 Å². The van der Waals surface area contributed by atoms with E-state index >= 15 is 0 Å². The summed E-state index contributed by atoms with van der Waals surface area (Å²) in [5.41, 5.74) is 0.982. The number of likely N-dealkylation sites (N-methyl/N-ethyl adjacent to an activating group) is 1. The predicted molar refractivity (Wildman–Crippen MR) is 65.7 cm³/mol. The summed E-state index contributed by atoms with van der Waals surface area (Å²) in [7, 11) is 1.73. The van der Waals surface area contributed by atoms with Crippen molar-refractivity contribution in [2.24, 2.45) is 0 Å². The van der Waals surface area contributed by atoms with Crippen LogP contribution in [-0.4, -0.2) is 38.1 Å². The lowest BCUT2D eigenvalue weighted by Gasteiger charge is -2.17. The molecule has 1 amide bonds. The average Bonchev–Trinajstić information content (AvgIpc) is 2.81. The van der Waals surface area contributed by atoms with Crippen molar-refractivity contribution in [2.45, 2.75) is 13.1 Å². The number of carbonyl (C=O) groups excluding carboxylic acids is 1. The summed E-state index contributed by atoms with van der Waals surface area (Å²) in [6.45, 7) is 0.631. The van der Waals surface area contributed by atoms with Crippen LogP contribution < -0.4 is 0 Å². The maximum absolute atomic E-state index is 11.9. The molecule has 0 bridgehead atoms. The molecule has 18 heavy (non-hydrogen) atoms. The third kappa shape index (κ3) is 3.27. The van der Waals surface area contributed by atoms with Gasteiger partial charge in [0.2, 0.25) is 5.91 Å². The molecule has 6 nitrogen and oxygen atoms in total. The summed E-state index contributed by atoms with van der Waals surface area (Å²) < 4.78 is 1.39. The SMILES string of the molecule is CN(Cc1cccc(Cl)c1)C(=O)Cn1cnnn1. The van der Waals surface area contributed by atoms with E-state index in [1.807, 2.05) is 18.2 Å². The molecule has 0 N–H and O–H groups in total. The first-order chi connectivity index (χ1) is 8.65. The Labute approximate surface area is 109 Å². The first-order valence-electron chi connectivity index (χ1n) is 5.34. The smallest absolute Gasteiger partial charge is 0.244 e. The van der Waals surface area contributed by atoms with E-state index in [-0.39, 0.29) is 12.5 Å². The van der Waals surface area contributed by atoms with Gasteiger partial charge in [-0.15, -0.1) is 5.10 Å². The number of aromatic nitrogens is 4. The lowest BCUT2D eigenvalue weighted by atomic mass is 10.2. The number of rotatable bonds is 4. The molecule has 0 fully saturated rings. The Hall–Kier alpha value is -1.95. The van der Waals surface area contributed by atoms with Gasteiger partial charge in [0.25, 0.3) is 0 Å². The molecule has 0 atom stereocenters. The van der Waals surface area contributed by atoms with Gasteiger partial charge in [0.15, 0.2) is 0 Å². The number of hydrogen-bond donors (Lipinski definition) is 0. The summed E-state index contributed by atoms with van der Waals surface area (Å²) in [5, 5.41) is 11.3. The monoisotopic (exact) mass is 265 g/mol. The number of benzene rings is 1. The third-order valence-electron chi connectivity index (χ3n) is 2.42. The summed E-state index contributed by atoms with van der Waals surface area (Å²) >= 11 is 5.89. The van der Waals surface area contributed by atoms with Crippen LogP contribution in [0.1, 0.15) is 5.56 Å². The number of halogens is 1. The van der Waals surface area contributed by atoms with Crippen molar-refractivity contribution >= 4 is 17.5 Å². The fourth-order valence-corrected chi connectivity index (χ4v) is 1.72. The van der Waals surface area contributed by atoms with Crippen LogP contribution in [0.2, 0.25) is 5.02 Å². The van der Waals surface area contributed by atoms with Crippen molar-refractivity contribution in [3.8, 4) is 0 Å². The summed E-state index contributed by atoms with van der Waals surface area (Å²) in [5.74, 6) is -0.0673. The molecule has 0 radical (unpaired) electrons. The van der Waals surface area contributed by atoms with Crippen molar-refractivity contribution in [1.29, 1.82) is 0 Å². The standard InChI is InChI=1S/C11H12ClN5O/c1-16(6-9-3-2-4-10(12)5-9)11(18)7-17-8-13-14-15-17/h2-5,8H,6-7H2,1H3. The van der Waals surface area contributed by atoms with E-state index in [0.29, 0.717) is 11.6 Å². The highest BCUT2D eigenvalue weighted by Crippen LogP contribution is 2.12. The predicted octanol–water partition coefficient (Wildman–Crippen LogP) is 0.985. The van der Waals surface area contributed by atoms with Gasteiger partial charge in [0.05, 0.1) is 0 Å². The van der Waals surface area contributed by atoms with Crippen molar-refractivity contribution in [3.05, 3.63) is 41.2 Å². The molecule has 0 spiro atoms. The van der Waals surface area contributed by atoms with Gasteiger partial charge >= 0.3 is 0 Å². The Morgan fingerprint density at radius 2 is 2.33 bits per heavy atom. The summed E-state index contributed by atoms with van der Waals surface area (Å²) in [6, 6.07) is 7.42. The molecule has 0 aliphatic rings. The second-order valence-corrected chi connectivity index (χ2v) is 4.32. The molecule has 0 saturated heterocycles. The van der Waals surface area contributed by atoms with E-state index in [9.17, 15) is 4.79 Å². The first kappa shape index (κ1) is 12.5. The lowest BCUT2D eigenvalue weighted by molar-refractivity contribution is -0.131. The zero-order valence-corrected chi connectivity index (χ0v) is 10.6. The first-order valence-corrected chi connectivity index (χ1v) is 5.72. The second kappa shape index (κ2) is 5.59. The van der Waals surface area contributed by atoms with Crippen molar-refractivity contribution in [1.82, 2.24) is 25.1 Å². The van der Waals surface area contributed by atoms with Crippen LogP contribution in [0.15, 0.2) is 30.6 Å². The van der Waals surface area contributed by atoms with Gasteiger partial charge in [0.1, 0.15) is 12.9 Å². The second-order valence-electron chi connectivity index (χ2n) is 3.89. The zero-order valence-electron chi connectivity index (χ0n) is 9.82. The number of tetrazole rings is 1. The maximum Gasteiger partial charge on any atom is 0.244 e. The molecular formula is C11H12ClN5O. The molecule has 0 saturated carbocycles. The van der Waals surface area contributed by atoms with Gasteiger partial charge in [0, 0.05) is 18.6 Å². The van der Waals surface area contributed by atoms with Gasteiger partial charge in [-0.1, -0.05) is 23.7 Å². The number of nitrogens with zero attached hydrogens (tertiary/aromatic N) is 5. The van der Waals surface area contributed by atoms with E-state index in [1.165, 1.54) is 11.0 Å². The summed E-state index contributed by atoms with van der Waals surface area (Å²) in [6.07, 6.45) is 1.41. The van der Waals surface area contributed by atoms with Gasteiger partial charge in [-0.25, -0.2) is 4.68 Å². The van der Waals surface area contributed by atoms with Gasteiger partial charge in [-0.05, 0) is 28.1 Å². The molecular weight excluding hydrogens is 254 g/mol. The van der Waals surface area contributed by atoms with E-state index < -0.39 is 0 Å². The molecule has 7 heteroatoms. The molecule has 0 unspecified atom stereocenters. The highest BCUT2D eigenvalue weighted by Gasteiger charge is 2.10. The third-order valence-corrected chi connectivity index (χ3v) is 2.66. The van der Waals surface area contributed by atoms with E-state index in [1.54, 1.807) is 18.0 Å². The number of hydrogen-bond acceptors (Lipinski definition) is 4. The lowest BCUT2D eigenvalue weighted by Crippen LogP contribution is -2.30. The van der Waals surface area contributed by atoms with Crippen LogP contribution in [0.3, 0.4) is 0 Å². The van der Waals surface area contributed by atoms with E-state index in [4.69, 9.17) is 11.6 Å². The highest BCUT2D eigenvalue weighted by atomic mass is 35.5. The molecule has 1 aromatic heterocycles. The Morgan fingerprint density at radius 3 is 3.00 bits per heavy atom. The molecule has 2 rings (SSSR count). The molecule has 2 aromatic rings. The molecule has 0 aliphatic carbocycles. The Balaban J connectivity index is 1.95. The largest absolute Gasteiger partial charge is 0.340 e. The molecule has 0 aliphatic heterocycles. The Morgan fingerprint density at radius 1 is 1.50 bits per heavy atom. The van der Waals surface area contributed by atoms with Crippen molar-refractivity contribution in [2.75, 3.05) is 7.05 Å². The minimum absolute atomic E-state index is 0.0673. The van der Waals surface area contributed by atoms with Gasteiger partial charge < -0.3 is 4.90 Å². The number of amides is 1. The van der Waals surface area contributed by atoms with Crippen molar-refractivity contribution < 1.29 is 4.79 Å². The van der Waals surface area contributed by atoms with Crippen LogP contribution in [0, 0.1) is 0 Å². The minimum atomic E-state index is -0.0673. The highest BCUT2D eigenvalue weighted by molar-refractivity contribution is 6.30. The maximum atomic E-state index is 11.9. The van der Waals surface area contributed by atoms with Crippen LogP contribution >= 0.6 is 11.6 Å². The summed E-state index contributed by atoms with van der Waals surface area (Å²) in [4.78, 5) is 13.5.